The van der Waals surface area contributed by atoms with Crippen molar-refractivity contribution in [2.24, 2.45) is 5.92 Å². The minimum Gasteiger partial charge on any atom is -0.479 e. The molecular formula is C17H19N3O3S. The molecule has 24 heavy (non-hydrogen) atoms. The number of nitrogens with one attached hydrogen (secondary N) is 2. The Balaban J connectivity index is 1.90. The number of ether oxygens (including phenoxy) is 1. The molecule has 0 spiro atoms. The SMILES string of the molecule is Cc1sc(NC(=O)C(C)C)nc1-c1ccc2c(c1)NC(=O)[C@H](C)O2. The van der Waals surface area contributed by atoms with Crippen LogP contribution >= 0.6 is 11.3 Å². The Morgan fingerprint density at radius 3 is 2.88 bits per heavy atom. The Hall–Kier alpha value is -2.41. The summed E-state index contributed by atoms with van der Waals surface area (Å²) in [5.74, 6) is 0.317. The van der Waals surface area contributed by atoms with Crippen molar-refractivity contribution in [1.82, 2.24) is 4.98 Å². The van der Waals surface area contributed by atoms with Gasteiger partial charge < -0.3 is 15.4 Å². The van der Waals surface area contributed by atoms with E-state index < -0.39 is 6.10 Å². The van der Waals surface area contributed by atoms with E-state index in [0.29, 0.717) is 16.6 Å². The highest BCUT2D eigenvalue weighted by atomic mass is 32.1. The van der Waals surface area contributed by atoms with Crippen LogP contribution in [0.5, 0.6) is 5.75 Å². The number of anilines is 2. The molecule has 0 aliphatic carbocycles. The molecule has 1 aliphatic rings. The van der Waals surface area contributed by atoms with Crippen molar-refractivity contribution in [2.75, 3.05) is 10.6 Å². The van der Waals surface area contributed by atoms with E-state index >= 15 is 0 Å². The number of carbonyl (C=O) groups is 2. The second-order valence-electron chi connectivity index (χ2n) is 6.03. The van der Waals surface area contributed by atoms with E-state index in [0.717, 1.165) is 16.1 Å². The second-order valence-corrected chi connectivity index (χ2v) is 7.23. The zero-order valence-corrected chi connectivity index (χ0v) is 14.8. The monoisotopic (exact) mass is 345 g/mol. The molecule has 2 heterocycles. The summed E-state index contributed by atoms with van der Waals surface area (Å²) in [6.07, 6.45) is -0.498. The Bertz CT molecular complexity index is 813. The highest BCUT2D eigenvalue weighted by Crippen LogP contribution is 2.36. The maximum atomic E-state index is 11.8. The molecule has 0 saturated heterocycles. The van der Waals surface area contributed by atoms with E-state index in [4.69, 9.17) is 4.74 Å². The predicted molar refractivity (Wildman–Crippen MR) is 94.5 cm³/mol. The Labute approximate surface area is 144 Å². The summed E-state index contributed by atoms with van der Waals surface area (Å²) in [7, 11) is 0. The lowest BCUT2D eigenvalue weighted by Gasteiger charge is -2.23. The summed E-state index contributed by atoms with van der Waals surface area (Å²) in [4.78, 5) is 29.1. The fourth-order valence-electron chi connectivity index (χ4n) is 2.32. The first kappa shape index (κ1) is 16.4. The van der Waals surface area contributed by atoms with Crippen molar-refractivity contribution < 1.29 is 14.3 Å². The molecule has 1 atom stereocenters. The van der Waals surface area contributed by atoms with Crippen LogP contribution in [0.1, 0.15) is 25.6 Å². The first-order valence-electron chi connectivity index (χ1n) is 7.75. The van der Waals surface area contributed by atoms with Crippen molar-refractivity contribution in [1.29, 1.82) is 0 Å². The number of hydrogen-bond donors (Lipinski definition) is 2. The molecule has 0 radical (unpaired) electrons. The standard InChI is InChI=1S/C17H19N3O3S/c1-8(2)15(21)20-17-19-14(10(4)24-17)11-5-6-13-12(7-11)18-16(22)9(3)23-13/h5-9H,1-4H3,(H,18,22)(H,19,20,21)/t9-/m0/s1. The minimum atomic E-state index is -0.498. The first-order valence-corrected chi connectivity index (χ1v) is 8.57. The smallest absolute Gasteiger partial charge is 0.265 e. The van der Waals surface area contributed by atoms with Crippen LogP contribution in [-0.4, -0.2) is 22.9 Å². The summed E-state index contributed by atoms with van der Waals surface area (Å²) in [5.41, 5.74) is 2.29. The maximum Gasteiger partial charge on any atom is 0.265 e. The number of amides is 2. The lowest BCUT2D eigenvalue weighted by molar-refractivity contribution is -0.122. The second kappa shape index (κ2) is 6.24. The molecule has 0 saturated carbocycles. The molecule has 2 N–H and O–H groups in total. The molecule has 0 bridgehead atoms. The molecule has 1 aromatic carbocycles. The van der Waals surface area contributed by atoms with Crippen LogP contribution in [0.15, 0.2) is 18.2 Å². The van der Waals surface area contributed by atoms with Crippen molar-refractivity contribution in [3.05, 3.63) is 23.1 Å². The number of carbonyl (C=O) groups excluding carboxylic acids is 2. The number of aryl methyl sites for hydroxylation is 1. The molecule has 1 aliphatic heterocycles. The molecule has 2 aromatic rings. The van der Waals surface area contributed by atoms with E-state index in [1.807, 2.05) is 39.0 Å². The van der Waals surface area contributed by atoms with Crippen LogP contribution in [0, 0.1) is 12.8 Å². The van der Waals surface area contributed by atoms with E-state index in [2.05, 4.69) is 15.6 Å². The first-order chi connectivity index (χ1) is 11.3. The molecule has 3 rings (SSSR count). The van der Waals surface area contributed by atoms with Crippen LogP contribution in [0.4, 0.5) is 10.8 Å². The fourth-order valence-corrected chi connectivity index (χ4v) is 3.16. The van der Waals surface area contributed by atoms with Crippen molar-refractivity contribution in [2.45, 2.75) is 33.8 Å². The van der Waals surface area contributed by atoms with Crippen LogP contribution in [0.3, 0.4) is 0 Å². The van der Waals surface area contributed by atoms with Crippen molar-refractivity contribution in [3.8, 4) is 17.0 Å². The number of hydrogen-bond acceptors (Lipinski definition) is 5. The van der Waals surface area contributed by atoms with E-state index in [1.54, 1.807) is 6.92 Å². The van der Waals surface area contributed by atoms with E-state index in [1.165, 1.54) is 11.3 Å². The van der Waals surface area contributed by atoms with Gasteiger partial charge in [-0.15, -0.1) is 11.3 Å². The van der Waals surface area contributed by atoms with Crippen molar-refractivity contribution >= 4 is 34.0 Å². The number of thiazole rings is 1. The van der Waals surface area contributed by atoms with Crippen molar-refractivity contribution in [3.63, 3.8) is 0 Å². The van der Waals surface area contributed by atoms with Gasteiger partial charge in [0.15, 0.2) is 11.2 Å². The third kappa shape index (κ3) is 3.12. The maximum absolute atomic E-state index is 11.8. The molecular weight excluding hydrogens is 326 g/mol. The summed E-state index contributed by atoms with van der Waals surface area (Å²) in [6, 6.07) is 5.57. The van der Waals surface area contributed by atoms with Gasteiger partial charge in [0.1, 0.15) is 5.75 Å². The van der Waals surface area contributed by atoms with Gasteiger partial charge in [-0.2, -0.15) is 0 Å². The Morgan fingerprint density at radius 1 is 1.42 bits per heavy atom. The van der Waals surface area contributed by atoms with Crippen LogP contribution in [0.25, 0.3) is 11.3 Å². The third-order valence-electron chi connectivity index (χ3n) is 3.73. The molecule has 2 amide bonds. The zero-order chi connectivity index (χ0) is 17.4. The summed E-state index contributed by atoms with van der Waals surface area (Å²) in [6.45, 7) is 7.34. The number of benzene rings is 1. The summed E-state index contributed by atoms with van der Waals surface area (Å²) >= 11 is 1.43. The molecule has 0 unspecified atom stereocenters. The quantitative estimate of drug-likeness (QED) is 0.893. The van der Waals surface area contributed by atoms with Gasteiger partial charge in [0.2, 0.25) is 5.91 Å². The summed E-state index contributed by atoms with van der Waals surface area (Å²) < 4.78 is 5.56. The number of nitrogens with zero attached hydrogens (tertiary/aromatic N) is 1. The van der Waals surface area contributed by atoms with Crippen LogP contribution in [-0.2, 0) is 9.59 Å². The van der Waals surface area contributed by atoms with Gasteiger partial charge >= 0.3 is 0 Å². The van der Waals surface area contributed by atoms with Gasteiger partial charge in [-0.05, 0) is 32.0 Å². The Kier molecular flexibility index (Phi) is 4.28. The highest BCUT2D eigenvalue weighted by molar-refractivity contribution is 7.16. The largest absolute Gasteiger partial charge is 0.479 e. The van der Waals surface area contributed by atoms with Gasteiger partial charge in [-0.1, -0.05) is 13.8 Å². The minimum absolute atomic E-state index is 0.0598. The van der Waals surface area contributed by atoms with Gasteiger partial charge in [0, 0.05) is 16.4 Å². The molecule has 7 heteroatoms. The van der Waals surface area contributed by atoms with Crippen LogP contribution in [0.2, 0.25) is 0 Å². The van der Waals surface area contributed by atoms with Gasteiger partial charge in [-0.3, -0.25) is 9.59 Å². The molecule has 126 valence electrons. The average Bonchev–Trinajstić information content (AvgIpc) is 2.88. The fraction of sp³-hybridized carbons (Fsp3) is 0.353. The van der Waals surface area contributed by atoms with Crippen LogP contribution < -0.4 is 15.4 Å². The van der Waals surface area contributed by atoms with E-state index in [9.17, 15) is 9.59 Å². The molecule has 0 fully saturated rings. The average molecular weight is 345 g/mol. The van der Waals surface area contributed by atoms with Gasteiger partial charge in [0.05, 0.1) is 11.4 Å². The summed E-state index contributed by atoms with van der Waals surface area (Å²) in [5, 5.41) is 6.23. The van der Waals surface area contributed by atoms with E-state index in [-0.39, 0.29) is 17.7 Å². The predicted octanol–water partition coefficient (Wildman–Crippen LogP) is 3.43. The highest BCUT2D eigenvalue weighted by Gasteiger charge is 2.24. The van der Waals surface area contributed by atoms with Gasteiger partial charge in [0.25, 0.3) is 5.91 Å². The zero-order valence-electron chi connectivity index (χ0n) is 14.0. The number of fused-ring (bicyclic) bond motifs is 1. The number of rotatable bonds is 3. The Morgan fingerprint density at radius 2 is 2.17 bits per heavy atom. The van der Waals surface area contributed by atoms with Gasteiger partial charge in [-0.25, -0.2) is 4.98 Å². The topological polar surface area (TPSA) is 80.3 Å². The lowest BCUT2D eigenvalue weighted by Crippen LogP contribution is -2.34. The normalized spacial score (nSPS) is 16.4. The third-order valence-corrected chi connectivity index (χ3v) is 4.62. The molecule has 6 nitrogen and oxygen atoms in total. The lowest BCUT2D eigenvalue weighted by atomic mass is 10.1. The number of aromatic nitrogens is 1. The molecule has 1 aromatic heterocycles.